The molecule has 298 valence electrons. The summed E-state index contributed by atoms with van der Waals surface area (Å²) in [4.78, 5) is 9.77. The Hall–Kier alpha value is -6.86. The molecule has 8 aromatic rings. The number of thioether (sulfide) groups is 2. The van der Waals surface area contributed by atoms with Crippen LogP contribution < -0.4 is 19.6 Å². The summed E-state index contributed by atoms with van der Waals surface area (Å²) in [6.45, 7) is 0. The Morgan fingerprint density at radius 3 is 1.06 bits per heavy atom. The van der Waals surface area contributed by atoms with Crippen LogP contribution in [0.5, 0.6) is 0 Å². The molecule has 0 aliphatic carbocycles. The van der Waals surface area contributed by atoms with Crippen LogP contribution in [0.15, 0.2) is 229 Å². The van der Waals surface area contributed by atoms with E-state index in [4.69, 9.17) is 0 Å². The lowest BCUT2D eigenvalue weighted by atomic mass is 10.0. The van der Waals surface area contributed by atoms with Crippen LogP contribution in [-0.4, -0.2) is 12.1 Å². The fraction of sp³-hybridized carbons (Fsp3) is 0.0714. The highest BCUT2D eigenvalue weighted by atomic mass is 32.2. The Labute approximate surface area is 372 Å². The van der Waals surface area contributed by atoms with E-state index in [1.807, 2.05) is 23.5 Å². The molecule has 0 aromatic heterocycles. The summed E-state index contributed by atoms with van der Waals surface area (Å²) in [5.41, 5.74) is 17.0. The molecule has 4 nitrogen and oxygen atoms in total. The molecule has 62 heavy (non-hydrogen) atoms. The van der Waals surface area contributed by atoms with E-state index in [1.165, 1.54) is 45.0 Å². The van der Waals surface area contributed by atoms with E-state index in [0.717, 1.165) is 34.1 Å². The van der Waals surface area contributed by atoms with E-state index in [9.17, 15) is 0 Å². The SMILES string of the molecule is C1=CC2C(S1)c1cc(N(c3ccccc3)c3ccc(-c4ccc(N(c5ccccc5)c5ccc6c(c5)C5SC=CC5N6c5ccccc5)cc4)cc3)ccc1N2c1ccccc1. The highest BCUT2D eigenvalue weighted by Gasteiger charge is 2.42. The summed E-state index contributed by atoms with van der Waals surface area (Å²) >= 11 is 3.85. The van der Waals surface area contributed by atoms with Crippen molar-refractivity contribution in [2.45, 2.75) is 22.6 Å². The van der Waals surface area contributed by atoms with Crippen LogP contribution in [-0.2, 0) is 0 Å². The van der Waals surface area contributed by atoms with Gasteiger partial charge >= 0.3 is 0 Å². The zero-order valence-electron chi connectivity index (χ0n) is 33.9. The molecule has 0 N–H and O–H groups in total. The molecule has 4 atom stereocenters. The first-order valence-corrected chi connectivity index (χ1v) is 23.2. The molecule has 0 amide bonds. The van der Waals surface area contributed by atoms with Crippen LogP contribution in [0, 0.1) is 0 Å². The first kappa shape index (κ1) is 36.9. The molecule has 4 unspecified atom stereocenters. The van der Waals surface area contributed by atoms with Gasteiger partial charge in [0, 0.05) is 56.9 Å². The lowest BCUT2D eigenvalue weighted by Gasteiger charge is -2.28. The van der Waals surface area contributed by atoms with Crippen LogP contribution in [0.1, 0.15) is 21.6 Å². The Morgan fingerprint density at radius 2 is 0.677 bits per heavy atom. The van der Waals surface area contributed by atoms with Gasteiger partial charge < -0.3 is 19.6 Å². The highest BCUT2D eigenvalue weighted by molar-refractivity contribution is 8.03. The smallest absolute Gasteiger partial charge is 0.0694 e. The molecule has 4 aliphatic heterocycles. The number of rotatable bonds is 9. The Bertz CT molecular complexity index is 2740. The maximum atomic E-state index is 2.50. The molecular formula is C56H42N4S2. The van der Waals surface area contributed by atoms with E-state index < -0.39 is 0 Å². The molecule has 0 saturated heterocycles. The number of anilines is 10. The van der Waals surface area contributed by atoms with Gasteiger partial charge in [-0.1, -0.05) is 109 Å². The third-order valence-corrected chi connectivity index (χ3v) is 14.9. The second-order valence-electron chi connectivity index (χ2n) is 16.1. The summed E-state index contributed by atoms with van der Waals surface area (Å²) in [5, 5.41) is 5.26. The van der Waals surface area contributed by atoms with Gasteiger partial charge in [0.25, 0.3) is 0 Å². The van der Waals surface area contributed by atoms with Gasteiger partial charge in [-0.25, -0.2) is 0 Å². The van der Waals surface area contributed by atoms with E-state index in [1.54, 1.807) is 0 Å². The number of fused-ring (bicyclic) bond motifs is 6. The van der Waals surface area contributed by atoms with Crippen LogP contribution in [0.25, 0.3) is 11.1 Å². The second-order valence-corrected chi connectivity index (χ2v) is 18.2. The molecule has 0 spiro atoms. The normalized spacial score (nSPS) is 19.0. The molecule has 4 aliphatic rings. The molecule has 8 aromatic carbocycles. The predicted molar refractivity (Wildman–Crippen MR) is 265 cm³/mol. The first-order valence-electron chi connectivity index (χ1n) is 21.3. The standard InChI is InChI=1S/C56H42N4S2/c1-5-13-41(14-6-1)57(47-29-31-51-49(37-47)55-53(33-35-61-55)59(51)43-17-9-3-10-18-43)45-25-21-39(22-26-45)40-23-27-46(28-24-40)58(42-15-7-2-8-16-42)48-30-32-52-50(38-48)56-54(34-36-62-56)60(52)44-19-11-4-12-20-44/h1-38,53-56H. The number of hydrogen-bond acceptors (Lipinski definition) is 6. The third-order valence-electron chi connectivity index (χ3n) is 12.6. The highest BCUT2D eigenvalue weighted by Crippen LogP contribution is 2.57. The number of benzene rings is 8. The van der Waals surface area contributed by atoms with Crippen molar-refractivity contribution in [3.63, 3.8) is 0 Å². The van der Waals surface area contributed by atoms with Gasteiger partial charge in [0.1, 0.15) is 0 Å². The van der Waals surface area contributed by atoms with Gasteiger partial charge in [0.05, 0.1) is 22.6 Å². The van der Waals surface area contributed by atoms with Crippen molar-refractivity contribution < 1.29 is 0 Å². The predicted octanol–water partition coefficient (Wildman–Crippen LogP) is 15.9. The van der Waals surface area contributed by atoms with Crippen molar-refractivity contribution in [3.8, 4) is 11.1 Å². The lowest BCUT2D eigenvalue weighted by molar-refractivity contribution is 0.830. The van der Waals surface area contributed by atoms with Crippen LogP contribution >= 0.6 is 23.5 Å². The molecule has 6 heteroatoms. The zero-order chi connectivity index (χ0) is 41.0. The van der Waals surface area contributed by atoms with Gasteiger partial charge in [-0.2, -0.15) is 0 Å². The van der Waals surface area contributed by atoms with Crippen molar-refractivity contribution in [1.29, 1.82) is 0 Å². The van der Waals surface area contributed by atoms with E-state index in [-0.39, 0.29) is 0 Å². The lowest BCUT2D eigenvalue weighted by Crippen LogP contribution is -2.25. The maximum absolute atomic E-state index is 2.50. The molecule has 0 bridgehead atoms. The molecule has 0 fully saturated rings. The summed E-state index contributed by atoms with van der Waals surface area (Å²) in [6, 6.07) is 75.8. The van der Waals surface area contributed by atoms with E-state index in [2.05, 4.69) is 249 Å². The minimum Gasteiger partial charge on any atom is -0.333 e. The number of hydrogen-bond donors (Lipinski definition) is 0. The zero-order valence-corrected chi connectivity index (χ0v) is 35.5. The molecule has 4 heterocycles. The van der Waals surface area contributed by atoms with Crippen molar-refractivity contribution in [1.82, 2.24) is 0 Å². The average Bonchev–Trinajstić information content (AvgIpc) is 4.14. The van der Waals surface area contributed by atoms with Crippen molar-refractivity contribution in [3.05, 3.63) is 240 Å². The summed E-state index contributed by atoms with van der Waals surface area (Å²) in [5.74, 6) is 0. The first-order chi connectivity index (χ1) is 30.8. The fourth-order valence-electron chi connectivity index (χ4n) is 9.77. The Morgan fingerprint density at radius 1 is 0.339 bits per heavy atom. The topological polar surface area (TPSA) is 13.0 Å². The van der Waals surface area contributed by atoms with Crippen molar-refractivity contribution in [2.75, 3.05) is 19.6 Å². The summed E-state index contributed by atoms with van der Waals surface area (Å²) in [6.07, 6.45) is 4.71. The summed E-state index contributed by atoms with van der Waals surface area (Å²) in [7, 11) is 0. The van der Waals surface area contributed by atoms with E-state index >= 15 is 0 Å². The minimum absolute atomic E-state index is 0.305. The maximum Gasteiger partial charge on any atom is 0.0694 e. The molecule has 0 saturated carbocycles. The van der Waals surface area contributed by atoms with Crippen LogP contribution in [0.3, 0.4) is 0 Å². The van der Waals surface area contributed by atoms with Gasteiger partial charge in [-0.15, -0.1) is 23.5 Å². The van der Waals surface area contributed by atoms with Crippen molar-refractivity contribution in [2.24, 2.45) is 0 Å². The average molecular weight is 835 g/mol. The molecule has 12 rings (SSSR count). The monoisotopic (exact) mass is 834 g/mol. The minimum atomic E-state index is 0.305. The molecular weight excluding hydrogens is 793 g/mol. The fourth-order valence-corrected chi connectivity index (χ4v) is 12.0. The van der Waals surface area contributed by atoms with Gasteiger partial charge in [-0.05, 0) is 142 Å². The van der Waals surface area contributed by atoms with Crippen LogP contribution in [0.4, 0.5) is 56.9 Å². The van der Waals surface area contributed by atoms with Gasteiger partial charge in [0.2, 0.25) is 0 Å². The van der Waals surface area contributed by atoms with E-state index in [0.29, 0.717) is 22.6 Å². The van der Waals surface area contributed by atoms with Crippen LogP contribution in [0.2, 0.25) is 0 Å². The number of nitrogens with zero attached hydrogens (tertiary/aromatic N) is 4. The number of para-hydroxylation sites is 4. The second kappa shape index (κ2) is 15.6. The Kier molecular flexibility index (Phi) is 9.27. The van der Waals surface area contributed by atoms with Gasteiger partial charge in [0.15, 0.2) is 0 Å². The molecule has 0 radical (unpaired) electrons. The quantitative estimate of drug-likeness (QED) is 0.143. The van der Waals surface area contributed by atoms with Crippen molar-refractivity contribution >= 4 is 80.4 Å². The largest absolute Gasteiger partial charge is 0.333 e. The summed E-state index contributed by atoms with van der Waals surface area (Å²) < 4.78 is 0. The third kappa shape index (κ3) is 6.32. The van der Waals surface area contributed by atoms with Gasteiger partial charge in [-0.3, -0.25) is 0 Å². The Balaban J connectivity index is 0.860.